The minimum absolute atomic E-state index is 0.0685. The summed E-state index contributed by atoms with van der Waals surface area (Å²) in [5, 5.41) is 5.03. The average Bonchev–Trinajstić information content (AvgIpc) is 2.77. The van der Waals surface area contributed by atoms with Gasteiger partial charge in [-0.05, 0) is 42.0 Å². The Morgan fingerprint density at radius 2 is 1.90 bits per heavy atom. The molecule has 1 fully saturated rings. The number of fused-ring (bicyclic) bond motifs is 1. The molecular formula is C23H28N2O4. The maximum atomic E-state index is 12.7. The van der Waals surface area contributed by atoms with Gasteiger partial charge in [-0.25, -0.2) is 0 Å². The molecule has 0 radical (unpaired) electrons. The lowest BCUT2D eigenvalue weighted by Gasteiger charge is -2.33. The second-order valence-electron chi connectivity index (χ2n) is 7.51. The fraction of sp³-hybridized carbons (Fsp3) is 0.435. The van der Waals surface area contributed by atoms with E-state index in [0.29, 0.717) is 31.5 Å². The normalized spacial score (nSPS) is 16.4. The molecule has 0 spiro atoms. The predicted octanol–water partition coefficient (Wildman–Crippen LogP) is 3.15. The van der Waals surface area contributed by atoms with Crippen LogP contribution in [0.2, 0.25) is 0 Å². The van der Waals surface area contributed by atoms with Gasteiger partial charge in [-0.15, -0.1) is 0 Å². The number of benzene rings is 2. The van der Waals surface area contributed by atoms with Crippen molar-refractivity contribution < 1.29 is 19.1 Å². The highest BCUT2D eigenvalue weighted by molar-refractivity contribution is 6.07. The predicted molar refractivity (Wildman–Crippen MR) is 111 cm³/mol. The van der Waals surface area contributed by atoms with Crippen LogP contribution in [0.3, 0.4) is 0 Å². The standard InChI is InChI=1S/C23H28N2O4/c1-29-22(27)13-5-12-21(26)25-14-6-7-17(16-25)15-24-23(28)20-11-4-9-18-8-2-3-10-19(18)20/h2-4,8-11,17H,5-7,12-16H2,1H3,(H,24,28)/t17-/m1/s1. The van der Waals surface area contributed by atoms with Gasteiger partial charge < -0.3 is 15.0 Å². The van der Waals surface area contributed by atoms with E-state index in [-0.39, 0.29) is 30.1 Å². The lowest BCUT2D eigenvalue weighted by Crippen LogP contribution is -2.43. The number of rotatable bonds is 7. The van der Waals surface area contributed by atoms with Gasteiger partial charge in [-0.1, -0.05) is 36.4 Å². The van der Waals surface area contributed by atoms with Gasteiger partial charge in [0, 0.05) is 38.0 Å². The number of nitrogens with one attached hydrogen (secondary N) is 1. The molecule has 0 aromatic heterocycles. The maximum Gasteiger partial charge on any atom is 0.305 e. The Morgan fingerprint density at radius 1 is 1.10 bits per heavy atom. The Labute approximate surface area is 171 Å². The number of methoxy groups -OCH3 is 1. The van der Waals surface area contributed by atoms with Crippen LogP contribution in [0.5, 0.6) is 0 Å². The molecule has 2 amide bonds. The minimum Gasteiger partial charge on any atom is -0.469 e. The summed E-state index contributed by atoms with van der Waals surface area (Å²) >= 11 is 0. The van der Waals surface area contributed by atoms with Gasteiger partial charge in [0.15, 0.2) is 0 Å². The number of hydrogen-bond donors (Lipinski definition) is 1. The summed E-state index contributed by atoms with van der Waals surface area (Å²) in [5.74, 6) is -0.0555. The van der Waals surface area contributed by atoms with E-state index >= 15 is 0 Å². The fourth-order valence-corrected chi connectivity index (χ4v) is 3.86. The van der Waals surface area contributed by atoms with Crippen LogP contribution < -0.4 is 5.32 Å². The monoisotopic (exact) mass is 396 g/mol. The Balaban J connectivity index is 1.51. The van der Waals surface area contributed by atoms with E-state index in [4.69, 9.17) is 0 Å². The van der Waals surface area contributed by atoms with E-state index in [1.165, 1.54) is 7.11 Å². The van der Waals surface area contributed by atoms with Crippen LogP contribution in [-0.4, -0.2) is 49.4 Å². The number of carbonyl (C=O) groups is 3. The van der Waals surface area contributed by atoms with Gasteiger partial charge in [0.2, 0.25) is 5.91 Å². The smallest absolute Gasteiger partial charge is 0.305 e. The van der Waals surface area contributed by atoms with Crippen LogP contribution in [0, 0.1) is 5.92 Å². The molecule has 0 bridgehead atoms. The van der Waals surface area contributed by atoms with Gasteiger partial charge in [0.1, 0.15) is 0 Å². The number of piperidine rings is 1. The quantitative estimate of drug-likeness (QED) is 0.730. The zero-order valence-corrected chi connectivity index (χ0v) is 16.9. The lowest BCUT2D eigenvalue weighted by atomic mass is 9.97. The van der Waals surface area contributed by atoms with E-state index in [1.54, 1.807) is 0 Å². The van der Waals surface area contributed by atoms with Gasteiger partial charge in [0.25, 0.3) is 5.91 Å². The molecule has 154 valence electrons. The van der Waals surface area contributed by atoms with E-state index in [1.807, 2.05) is 47.4 Å². The molecule has 29 heavy (non-hydrogen) atoms. The van der Waals surface area contributed by atoms with Crippen molar-refractivity contribution >= 4 is 28.6 Å². The molecule has 2 aromatic carbocycles. The highest BCUT2D eigenvalue weighted by atomic mass is 16.5. The summed E-state index contributed by atoms with van der Waals surface area (Å²) in [4.78, 5) is 38.2. The van der Waals surface area contributed by atoms with Crippen molar-refractivity contribution in [2.45, 2.75) is 32.1 Å². The van der Waals surface area contributed by atoms with Crippen molar-refractivity contribution in [3.8, 4) is 0 Å². The molecule has 0 saturated carbocycles. The first kappa shape index (κ1) is 20.8. The van der Waals surface area contributed by atoms with E-state index in [2.05, 4.69) is 10.1 Å². The SMILES string of the molecule is COC(=O)CCCC(=O)N1CCC[C@H](CNC(=O)c2cccc3ccccc23)C1. The molecule has 1 N–H and O–H groups in total. The second-order valence-corrected chi connectivity index (χ2v) is 7.51. The summed E-state index contributed by atoms with van der Waals surface area (Å²) in [6.45, 7) is 1.94. The van der Waals surface area contributed by atoms with Crippen LogP contribution in [0.15, 0.2) is 42.5 Å². The molecule has 0 aliphatic carbocycles. The summed E-state index contributed by atoms with van der Waals surface area (Å²) < 4.78 is 4.61. The molecular weight excluding hydrogens is 368 g/mol. The van der Waals surface area contributed by atoms with Crippen LogP contribution >= 0.6 is 0 Å². The first-order valence-electron chi connectivity index (χ1n) is 10.2. The van der Waals surface area contributed by atoms with Gasteiger partial charge in [0.05, 0.1) is 7.11 Å². The van der Waals surface area contributed by atoms with E-state index < -0.39 is 0 Å². The topological polar surface area (TPSA) is 75.7 Å². The number of hydrogen-bond acceptors (Lipinski definition) is 4. The molecule has 1 heterocycles. The summed E-state index contributed by atoms with van der Waals surface area (Å²) in [6.07, 6.45) is 3.04. The first-order valence-corrected chi connectivity index (χ1v) is 10.2. The van der Waals surface area contributed by atoms with Gasteiger partial charge in [-0.2, -0.15) is 0 Å². The van der Waals surface area contributed by atoms with Crippen molar-refractivity contribution in [3.05, 3.63) is 48.0 Å². The zero-order valence-electron chi connectivity index (χ0n) is 16.9. The third kappa shape index (κ3) is 5.56. The molecule has 1 saturated heterocycles. The Hall–Kier alpha value is -2.89. The van der Waals surface area contributed by atoms with Gasteiger partial charge in [-0.3, -0.25) is 14.4 Å². The highest BCUT2D eigenvalue weighted by Gasteiger charge is 2.24. The molecule has 0 unspecified atom stereocenters. The zero-order chi connectivity index (χ0) is 20.6. The number of nitrogens with zero attached hydrogens (tertiary/aromatic N) is 1. The van der Waals surface area contributed by atoms with Gasteiger partial charge >= 0.3 is 5.97 Å². The van der Waals surface area contributed by atoms with Crippen molar-refractivity contribution in [2.75, 3.05) is 26.7 Å². The molecule has 1 aliphatic rings. The van der Waals surface area contributed by atoms with Crippen LogP contribution in [-0.2, 0) is 14.3 Å². The molecule has 2 aromatic rings. The van der Waals surface area contributed by atoms with Crippen molar-refractivity contribution in [2.24, 2.45) is 5.92 Å². The summed E-state index contributed by atoms with van der Waals surface area (Å²) in [7, 11) is 1.35. The van der Waals surface area contributed by atoms with Crippen molar-refractivity contribution in [3.63, 3.8) is 0 Å². The van der Waals surface area contributed by atoms with Crippen molar-refractivity contribution in [1.29, 1.82) is 0 Å². The third-order valence-electron chi connectivity index (χ3n) is 5.46. The van der Waals surface area contributed by atoms with E-state index in [0.717, 1.165) is 30.2 Å². The second kappa shape index (κ2) is 10.0. The molecule has 6 heteroatoms. The largest absolute Gasteiger partial charge is 0.469 e. The number of carbonyl (C=O) groups excluding carboxylic acids is 3. The number of ether oxygens (including phenoxy) is 1. The lowest BCUT2D eigenvalue weighted by molar-refractivity contribution is -0.141. The van der Waals surface area contributed by atoms with Crippen LogP contribution in [0.25, 0.3) is 10.8 Å². The number of amides is 2. The van der Waals surface area contributed by atoms with E-state index in [9.17, 15) is 14.4 Å². The fourth-order valence-electron chi connectivity index (χ4n) is 3.86. The summed E-state index contributed by atoms with van der Waals surface area (Å²) in [5.41, 5.74) is 0.676. The maximum absolute atomic E-state index is 12.7. The Bertz CT molecular complexity index is 875. The summed E-state index contributed by atoms with van der Waals surface area (Å²) in [6, 6.07) is 13.6. The minimum atomic E-state index is -0.287. The van der Waals surface area contributed by atoms with Crippen LogP contribution in [0.4, 0.5) is 0 Å². The first-order chi connectivity index (χ1) is 14.1. The number of likely N-dealkylation sites (tertiary alicyclic amines) is 1. The third-order valence-corrected chi connectivity index (χ3v) is 5.46. The number of esters is 1. The average molecular weight is 396 g/mol. The molecule has 6 nitrogen and oxygen atoms in total. The van der Waals surface area contributed by atoms with Crippen LogP contribution in [0.1, 0.15) is 42.5 Å². The molecule has 3 rings (SSSR count). The molecule has 1 aliphatic heterocycles. The van der Waals surface area contributed by atoms with Crippen molar-refractivity contribution in [1.82, 2.24) is 10.2 Å². The Kier molecular flexibility index (Phi) is 7.22. The molecule has 1 atom stereocenters. The highest BCUT2D eigenvalue weighted by Crippen LogP contribution is 2.20. The Morgan fingerprint density at radius 3 is 2.72 bits per heavy atom.